The van der Waals surface area contributed by atoms with Gasteiger partial charge in [0.1, 0.15) is 5.75 Å². The molecule has 0 atom stereocenters. The van der Waals surface area contributed by atoms with Crippen molar-refractivity contribution in [3.63, 3.8) is 0 Å². The smallest absolute Gasteiger partial charge is 0.348 e. The van der Waals surface area contributed by atoms with Gasteiger partial charge in [0.25, 0.3) is 0 Å². The monoisotopic (exact) mass is 307 g/mol. The molecule has 3 rings (SSSR count). The van der Waals surface area contributed by atoms with Crippen molar-refractivity contribution in [1.82, 2.24) is 0 Å². The maximum Gasteiger partial charge on any atom is 0.348 e. The lowest BCUT2D eigenvalue weighted by Crippen LogP contribution is -2.49. The fourth-order valence-electron chi connectivity index (χ4n) is 2.85. The van der Waals surface area contributed by atoms with Crippen LogP contribution in [0.25, 0.3) is 0 Å². The molecule has 2 aliphatic heterocycles. The number of carboxylic acids is 1. The van der Waals surface area contributed by atoms with Crippen LogP contribution in [0.5, 0.6) is 5.75 Å². The summed E-state index contributed by atoms with van der Waals surface area (Å²) in [5.74, 6) is -0.333. The van der Waals surface area contributed by atoms with Crippen molar-refractivity contribution in [3.8, 4) is 5.75 Å². The lowest BCUT2D eigenvalue weighted by atomic mass is 9.94. The van der Waals surface area contributed by atoms with Gasteiger partial charge in [0.15, 0.2) is 0 Å². The first-order valence-electron chi connectivity index (χ1n) is 7.63. The molecule has 0 bridgehead atoms. The van der Waals surface area contributed by atoms with Gasteiger partial charge >= 0.3 is 5.97 Å². The number of ether oxygens (including phenoxy) is 3. The molecule has 22 heavy (non-hydrogen) atoms. The van der Waals surface area contributed by atoms with Crippen LogP contribution in [-0.2, 0) is 14.3 Å². The number of aliphatic carboxylic acids is 1. The molecule has 2 aliphatic rings. The van der Waals surface area contributed by atoms with Crippen molar-refractivity contribution >= 4 is 11.7 Å². The Kier molecular flexibility index (Phi) is 4.49. The molecule has 2 fully saturated rings. The van der Waals surface area contributed by atoms with Gasteiger partial charge < -0.3 is 24.2 Å². The highest BCUT2D eigenvalue weighted by atomic mass is 16.5. The number of carboxylic acid groups (broad SMARTS) is 1. The highest BCUT2D eigenvalue weighted by Gasteiger charge is 2.42. The van der Waals surface area contributed by atoms with Crippen LogP contribution in [0.15, 0.2) is 24.3 Å². The van der Waals surface area contributed by atoms with E-state index in [1.165, 1.54) is 0 Å². The SMILES string of the molecule is O=C(O)C1(Oc2cccc(N3CCOCC3)c2)CCOCC1. The topological polar surface area (TPSA) is 68.2 Å². The summed E-state index contributed by atoms with van der Waals surface area (Å²) in [6.45, 7) is 3.91. The second kappa shape index (κ2) is 6.54. The maximum absolute atomic E-state index is 11.7. The van der Waals surface area contributed by atoms with Gasteiger partial charge in [-0.15, -0.1) is 0 Å². The Morgan fingerprint density at radius 3 is 2.50 bits per heavy atom. The Morgan fingerprint density at radius 1 is 1.14 bits per heavy atom. The van der Waals surface area contributed by atoms with Gasteiger partial charge in [-0.3, -0.25) is 0 Å². The summed E-state index contributed by atoms with van der Waals surface area (Å²) >= 11 is 0. The number of carbonyl (C=O) groups is 1. The van der Waals surface area contributed by atoms with E-state index in [9.17, 15) is 9.90 Å². The molecular weight excluding hydrogens is 286 g/mol. The number of benzene rings is 1. The van der Waals surface area contributed by atoms with E-state index in [0.29, 0.717) is 45.0 Å². The van der Waals surface area contributed by atoms with Gasteiger partial charge in [-0.1, -0.05) is 6.07 Å². The molecule has 0 radical (unpaired) electrons. The molecule has 6 nitrogen and oxygen atoms in total. The fourth-order valence-corrected chi connectivity index (χ4v) is 2.85. The lowest BCUT2D eigenvalue weighted by molar-refractivity contribution is -0.163. The molecule has 6 heteroatoms. The van der Waals surface area contributed by atoms with Crippen molar-refractivity contribution in [1.29, 1.82) is 0 Å². The predicted octanol–water partition coefficient (Wildman–Crippen LogP) is 1.54. The van der Waals surface area contributed by atoms with E-state index in [2.05, 4.69) is 4.90 Å². The van der Waals surface area contributed by atoms with Crippen LogP contribution < -0.4 is 9.64 Å². The third-order valence-electron chi connectivity index (χ3n) is 4.20. The Bertz CT molecular complexity index is 521. The van der Waals surface area contributed by atoms with Gasteiger partial charge in [0.05, 0.1) is 26.4 Å². The minimum absolute atomic E-state index is 0.365. The standard InChI is InChI=1S/C16H21NO5/c18-15(19)16(4-8-20-9-5-16)22-14-3-1-2-13(12-14)17-6-10-21-11-7-17/h1-3,12H,4-11H2,(H,18,19). The van der Waals surface area contributed by atoms with E-state index in [4.69, 9.17) is 14.2 Å². The fraction of sp³-hybridized carbons (Fsp3) is 0.562. The Hall–Kier alpha value is -1.79. The summed E-state index contributed by atoms with van der Waals surface area (Å²) in [7, 11) is 0. The second-order valence-corrected chi connectivity index (χ2v) is 5.61. The molecule has 1 aromatic carbocycles. The van der Waals surface area contributed by atoms with Crippen LogP contribution >= 0.6 is 0 Å². The number of anilines is 1. The van der Waals surface area contributed by atoms with E-state index in [-0.39, 0.29) is 0 Å². The molecule has 1 N–H and O–H groups in total. The van der Waals surface area contributed by atoms with E-state index in [1.54, 1.807) is 0 Å². The molecule has 2 saturated heterocycles. The molecule has 0 unspecified atom stereocenters. The summed E-state index contributed by atoms with van der Waals surface area (Å²) in [6, 6.07) is 7.63. The second-order valence-electron chi connectivity index (χ2n) is 5.61. The Morgan fingerprint density at radius 2 is 1.82 bits per heavy atom. The van der Waals surface area contributed by atoms with Crippen molar-refractivity contribution in [3.05, 3.63) is 24.3 Å². The zero-order valence-electron chi connectivity index (χ0n) is 12.5. The van der Waals surface area contributed by atoms with Gasteiger partial charge in [0.2, 0.25) is 5.60 Å². The van der Waals surface area contributed by atoms with Gasteiger partial charge in [-0.05, 0) is 12.1 Å². The minimum Gasteiger partial charge on any atom is -0.478 e. The van der Waals surface area contributed by atoms with E-state index in [0.717, 1.165) is 18.8 Å². The van der Waals surface area contributed by atoms with Crippen LogP contribution in [0.4, 0.5) is 5.69 Å². The van der Waals surface area contributed by atoms with Crippen LogP contribution in [0.2, 0.25) is 0 Å². The van der Waals surface area contributed by atoms with Crippen LogP contribution in [0.3, 0.4) is 0 Å². The summed E-state index contributed by atoms with van der Waals surface area (Å²) in [5, 5.41) is 9.56. The first-order chi connectivity index (χ1) is 10.7. The number of hydrogen-bond acceptors (Lipinski definition) is 5. The van der Waals surface area contributed by atoms with E-state index in [1.807, 2.05) is 24.3 Å². The Labute approximate surface area is 129 Å². The van der Waals surface area contributed by atoms with Crippen molar-refractivity contribution in [2.45, 2.75) is 18.4 Å². The summed E-state index contributed by atoms with van der Waals surface area (Å²) in [6.07, 6.45) is 0.730. The summed E-state index contributed by atoms with van der Waals surface area (Å²) < 4.78 is 16.5. The lowest BCUT2D eigenvalue weighted by Gasteiger charge is -2.34. The van der Waals surface area contributed by atoms with E-state index < -0.39 is 11.6 Å². The average molecular weight is 307 g/mol. The highest BCUT2D eigenvalue weighted by Crippen LogP contribution is 2.30. The van der Waals surface area contributed by atoms with Gasteiger partial charge in [-0.2, -0.15) is 0 Å². The first kappa shape index (κ1) is 15.1. The molecule has 1 aromatic rings. The zero-order chi connectivity index (χ0) is 15.4. The van der Waals surface area contributed by atoms with Crippen LogP contribution in [0.1, 0.15) is 12.8 Å². The number of nitrogens with zero attached hydrogens (tertiary/aromatic N) is 1. The summed E-state index contributed by atoms with van der Waals surface area (Å²) in [4.78, 5) is 13.9. The molecule has 0 spiro atoms. The van der Waals surface area contributed by atoms with Crippen LogP contribution in [0, 0.1) is 0 Å². The number of morpholine rings is 1. The quantitative estimate of drug-likeness (QED) is 0.910. The Balaban J connectivity index is 1.77. The third-order valence-corrected chi connectivity index (χ3v) is 4.20. The molecular formula is C16H21NO5. The number of hydrogen-bond donors (Lipinski definition) is 1. The largest absolute Gasteiger partial charge is 0.478 e. The van der Waals surface area contributed by atoms with Crippen molar-refractivity contribution < 1.29 is 24.1 Å². The first-order valence-corrected chi connectivity index (χ1v) is 7.63. The molecule has 0 aromatic heterocycles. The predicted molar refractivity (Wildman–Crippen MR) is 80.5 cm³/mol. The van der Waals surface area contributed by atoms with Crippen molar-refractivity contribution in [2.24, 2.45) is 0 Å². The van der Waals surface area contributed by atoms with E-state index >= 15 is 0 Å². The normalized spacial score (nSPS) is 21.4. The summed E-state index contributed by atoms with van der Waals surface area (Å²) in [5.41, 5.74) is -0.143. The third kappa shape index (κ3) is 3.18. The zero-order valence-corrected chi connectivity index (χ0v) is 12.5. The molecule has 2 heterocycles. The average Bonchev–Trinajstić information content (AvgIpc) is 2.57. The van der Waals surface area contributed by atoms with Gasteiger partial charge in [-0.25, -0.2) is 4.79 Å². The maximum atomic E-state index is 11.7. The van der Waals surface area contributed by atoms with Gasteiger partial charge in [0, 0.05) is 37.7 Å². The molecule has 0 amide bonds. The highest BCUT2D eigenvalue weighted by molar-refractivity contribution is 5.78. The van der Waals surface area contributed by atoms with Crippen LogP contribution in [-0.4, -0.2) is 56.2 Å². The molecule has 0 saturated carbocycles. The minimum atomic E-state index is -1.18. The molecule has 0 aliphatic carbocycles. The number of rotatable bonds is 4. The van der Waals surface area contributed by atoms with Crippen molar-refractivity contribution in [2.75, 3.05) is 44.4 Å². The molecule has 120 valence electrons.